The molecule has 0 radical (unpaired) electrons. The van der Waals surface area contributed by atoms with Crippen LogP contribution in [-0.2, 0) is 6.42 Å². The average Bonchev–Trinajstić information content (AvgIpc) is 2.77. The summed E-state index contributed by atoms with van der Waals surface area (Å²) in [6, 6.07) is 8.55. The highest BCUT2D eigenvalue weighted by Crippen LogP contribution is 2.34. The van der Waals surface area contributed by atoms with Crippen molar-refractivity contribution in [3.05, 3.63) is 106 Å². The topological polar surface area (TPSA) is 0 Å². The Hall–Kier alpha value is -3.79. The lowest BCUT2D eigenvalue weighted by molar-refractivity contribution is 0.446. The lowest BCUT2D eigenvalue weighted by Crippen LogP contribution is -1.98. The smallest absolute Gasteiger partial charge is 0.194 e. The van der Waals surface area contributed by atoms with Gasteiger partial charge < -0.3 is 0 Å². The first-order valence-corrected chi connectivity index (χ1v) is 10.3. The minimum Gasteiger partial charge on any atom is -0.206 e. The molecule has 0 nitrogen and oxygen atoms in total. The molecule has 0 unspecified atom stereocenters. The number of benzene rings is 4. The second-order valence-electron chi connectivity index (χ2n) is 7.67. The van der Waals surface area contributed by atoms with Gasteiger partial charge in [0.1, 0.15) is 23.3 Å². The molecule has 0 aliphatic heterocycles. The molecule has 0 bridgehead atoms. The van der Waals surface area contributed by atoms with Crippen LogP contribution in [0, 0.1) is 52.6 Å². The highest BCUT2D eigenvalue weighted by atomic mass is 19.2. The average molecular weight is 472 g/mol. The maximum absolute atomic E-state index is 15.2. The van der Waals surface area contributed by atoms with Gasteiger partial charge in [0.15, 0.2) is 17.5 Å². The second kappa shape index (κ2) is 9.22. The van der Waals surface area contributed by atoms with E-state index in [9.17, 15) is 26.3 Å². The molecule has 4 aromatic rings. The van der Waals surface area contributed by atoms with Crippen LogP contribution in [0.4, 0.5) is 30.7 Å². The van der Waals surface area contributed by atoms with Crippen LogP contribution in [0.1, 0.15) is 30.0 Å². The zero-order chi connectivity index (χ0) is 24.6. The number of hydrogen-bond donors (Lipinski definition) is 0. The first-order valence-electron chi connectivity index (χ1n) is 10.3. The van der Waals surface area contributed by atoms with Crippen molar-refractivity contribution in [2.45, 2.75) is 19.8 Å². The Bertz CT molecular complexity index is 1450. The summed E-state index contributed by atoms with van der Waals surface area (Å²) in [5.41, 5.74) is -1.21. The molecule has 4 rings (SSSR count). The van der Waals surface area contributed by atoms with Gasteiger partial charge in [-0.2, -0.15) is 0 Å². The third kappa shape index (κ3) is 4.36. The lowest BCUT2D eigenvalue weighted by Gasteiger charge is -2.11. The molecule has 0 N–H and O–H groups in total. The molecule has 0 fully saturated rings. The van der Waals surface area contributed by atoms with Gasteiger partial charge in [-0.05, 0) is 53.3 Å². The van der Waals surface area contributed by atoms with Gasteiger partial charge in [0.25, 0.3) is 0 Å². The van der Waals surface area contributed by atoms with E-state index in [4.69, 9.17) is 0 Å². The Morgan fingerprint density at radius 2 is 1.29 bits per heavy atom. The van der Waals surface area contributed by atoms with Crippen LogP contribution in [0.5, 0.6) is 0 Å². The van der Waals surface area contributed by atoms with Crippen molar-refractivity contribution < 1.29 is 30.7 Å². The first-order chi connectivity index (χ1) is 16.2. The molecule has 7 heteroatoms. The maximum Gasteiger partial charge on any atom is 0.194 e. The number of hydrogen-bond acceptors (Lipinski definition) is 0. The molecule has 0 saturated carbocycles. The van der Waals surface area contributed by atoms with Gasteiger partial charge in [-0.1, -0.05) is 43.4 Å². The summed E-state index contributed by atoms with van der Waals surface area (Å²) in [5.74, 6) is -4.91. The predicted molar refractivity (Wildman–Crippen MR) is 116 cm³/mol. The van der Waals surface area contributed by atoms with Crippen LogP contribution < -0.4 is 0 Å². The Balaban J connectivity index is 1.78. The SMILES string of the molecule is CCCc1ccc2c(F)c(-c3cc(F)c(C#Cc4cc(F)c(F)c(F)c4)c(F)c3)c(F)cc2c1. The van der Waals surface area contributed by atoms with Gasteiger partial charge in [-0.3, -0.25) is 0 Å². The normalized spacial score (nSPS) is 10.9. The molecular formula is C27H15F7. The molecule has 34 heavy (non-hydrogen) atoms. The predicted octanol–water partition coefficient (Wildman–Crippen LogP) is 7.83. The number of rotatable bonds is 3. The fourth-order valence-electron chi connectivity index (χ4n) is 3.69. The van der Waals surface area contributed by atoms with Crippen molar-refractivity contribution in [3.63, 3.8) is 0 Å². The first kappa shape index (κ1) is 23.4. The fraction of sp³-hybridized carbons (Fsp3) is 0.111. The van der Waals surface area contributed by atoms with E-state index in [2.05, 4.69) is 11.8 Å². The minimum atomic E-state index is -1.70. The van der Waals surface area contributed by atoms with E-state index in [-0.39, 0.29) is 16.5 Å². The molecule has 4 aromatic carbocycles. The second-order valence-corrected chi connectivity index (χ2v) is 7.67. The summed E-state index contributed by atoms with van der Waals surface area (Å²) < 4.78 is 98.9. The quantitative estimate of drug-likeness (QED) is 0.162. The number of aryl methyl sites for hydroxylation is 1. The van der Waals surface area contributed by atoms with Crippen LogP contribution in [0.15, 0.2) is 48.5 Å². The molecule has 0 aromatic heterocycles. The van der Waals surface area contributed by atoms with Crippen LogP contribution in [0.3, 0.4) is 0 Å². The summed E-state index contributed by atoms with van der Waals surface area (Å²) in [4.78, 5) is 0. The monoisotopic (exact) mass is 472 g/mol. The van der Waals surface area contributed by atoms with Crippen molar-refractivity contribution >= 4 is 10.8 Å². The third-order valence-corrected chi connectivity index (χ3v) is 5.28. The van der Waals surface area contributed by atoms with Crippen LogP contribution >= 0.6 is 0 Å². The van der Waals surface area contributed by atoms with Gasteiger partial charge >= 0.3 is 0 Å². The van der Waals surface area contributed by atoms with Crippen molar-refractivity contribution in [2.75, 3.05) is 0 Å². The standard InChI is InChI=1S/C27H15F7/c1-2-3-14-4-6-18-16(8-14)11-22(30)25(26(18)33)17-12-20(28)19(21(29)13-17)7-5-15-9-23(31)27(34)24(32)10-15/h4,6,8-13H,2-3H2,1H3. The summed E-state index contributed by atoms with van der Waals surface area (Å²) in [6.45, 7) is 1.97. The van der Waals surface area contributed by atoms with Gasteiger partial charge in [0.2, 0.25) is 0 Å². The molecule has 0 saturated heterocycles. The summed E-state index contributed by atoms with van der Waals surface area (Å²) in [5, 5.41) is 0.424. The number of fused-ring (bicyclic) bond motifs is 1. The van der Waals surface area contributed by atoms with Crippen molar-refractivity contribution in [2.24, 2.45) is 0 Å². The molecule has 0 heterocycles. The zero-order valence-corrected chi connectivity index (χ0v) is 17.7. The van der Waals surface area contributed by atoms with Gasteiger partial charge in [0.05, 0.1) is 11.1 Å². The maximum atomic E-state index is 15.2. The summed E-state index contributed by atoms with van der Waals surface area (Å²) in [6.07, 6.45) is 1.59. The molecule has 0 aliphatic rings. The molecule has 0 aliphatic carbocycles. The minimum absolute atomic E-state index is 0.0984. The summed E-state index contributed by atoms with van der Waals surface area (Å²) in [7, 11) is 0. The number of halogens is 7. The van der Waals surface area contributed by atoms with Gasteiger partial charge in [0, 0.05) is 10.9 Å². The van der Waals surface area contributed by atoms with Gasteiger partial charge in [-0.15, -0.1) is 0 Å². The van der Waals surface area contributed by atoms with Crippen molar-refractivity contribution in [3.8, 4) is 23.0 Å². The van der Waals surface area contributed by atoms with Crippen LogP contribution in [-0.4, -0.2) is 0 Å². The Morgan fingerprint density at radius 1 is 0.647 bits per heavy atom. The van der Waals surface area contributed by atoms with Crippen LogP contribution in [0.2, 0.25) is 0 Å². The van der Waals surface area contributed by atoms with E-state index >= 15 is 4.39 Å². The van der Waals surface area contributed by atoms with E-state index in [0.717, 1.165) is 36.6 Å². The molecular weight excluding hydrogens is 457 g/mol. The van der Waals surface area contributed by atoms with E-state index < -0.39 is 51.8 Å². The lowest BCUT2D eigenvalue weighted by atomic mass is 9.96. The van der Waals surface area contributed by atoms with E-state index in [0.29, 0.717) is 17.5 Å². The van der Waals surface area contributed by atoms with Crippen LogP contribution in [0.25, 0.3) is 21.9 Å². The van der Waals surface area contributed by atoms with E-state index in [1.165, 1.54) is 6.07 Å². The Labute approximate surface area is 190 Å². The highest BCUT2D eigenvalue weighted by Gasteiger charge is 2.19. The Morgan fingerprint density at radius 3 is 1.91 bits per heavy atom. The molecule has 172 valence electrons. The van der Waals surface area contributed by atoms with Crippen molar-refractivity contribution in [1.82, 2.24) is 0 Å². The Kier molecular flexibility index (Phi) is 6.34. The zero-order valence-electron chi connectivity index (χ0n) is 17.7. The third-order valence-electron chi connectivity index (χ3n) is 5.28. The van der Waals surface area contributed by atoms with Gasteiger partial charge in [-0.25, -0.2) is 30.7 Å². The highest BCUT2D eigenvalue weighted by molar-refractivity contribution is 5.89. The molecule has 0 atom stereocenters. The fourth-order valence-corrected chi connectivity index (χ4v) is 3.69. The molecule has 0 spiro atoms. The van der Waals surface area contributed by atoms with Crippen molar-refractivity contribution in [1.29, 1.82) is 0 Å². The van der Waals surface area contributed by atoms with E-state index in [1.54, 1.807) is 12.1 Å². The largest absolute Gasteiger partial charge is 0.206 e. The van der Waals surface area contributed by atoms with E-state index in [1.807, 2.05) is 6.92 Å². The molecule has 0 amide bonds. The summed E-state index contributed by atoms with van der Waals surface area (Å²) >= 11 is 0.